The molecule has 0 saturated carbocycles. The molecule has 0 saturated heterocycles. The number of hydrogen-bond acceptors (Lipinski definition) is 3. The minimum Gasteiger partial charge on any atom is -0.392 e. The monoisotopic (exact) mass is 239 g/mol. The van der Waals surface area contributed by atoms with Crippen LogP contribution in [-0.2, 0) is 0 Å². The zero-order valence-corrected chi connectivity index (χ0v) is 10.8. The van der Waals surface area contributed by atoms with Gasteiger partial charge in [0.25, 0.3) is 5.91 Å². The molecule has 5 nitrogen and oxygen atoms in total. The van der Waals surface area contributed by atoms with Crippen LogP contribution in [0.15, 0.2) is 12.3 Å². The average molecular weight is 239 g/mol. The largest absolute Gasteiger partial charge is 0.392 e. The Kier molecular flexibility index (Phi) is 4.28. The molecule has 1 aromatic rings. The summed E-state index contributed by atoms with van der Waals surface area (Å²) in [6.07, 6.45) is 1.08. The number of amides is 1. The highest BCUT2D eigenvalue weighted by atomic mass is 16.3. The molecule has 96 valence electrons. The van der Waals surface area contributed by atoms with Crippen LogP contribution in [0, 0.1) is 11.3 Å². The molecule has 0 fully saturated rings. The molecule has 0 aliphatic rings. The number of aromatic nitrogens is 2. The van der Waals surface area contributed by atoms with Gasteiger partial charge in [-0.25, -0.2) is 0 Å². The Balaban J connectivity index is 2.53. The number of H-pyrrole nitrogens is 1. The maximum Gasteiger partial charge on any atom is 0.269 e. The van der Waals surface area contributed by atoms with Gasteiger partial charge in [-0.15, -0.1) is 0 Å². The molecule has 1 aromatic heterocycles. The van der Waals surface area contributed by atoms with Crippen molar-refractivity contribution in [3.8, 4) is 0 Å². The summed E-state index contributed by atoms with van der Waals surface area (Å²) in [5.74, 6) is -0.0411. The number of aliphatic hydroxyl groups is 1. The summed E-state index contributed by atoms with van der Waals surface area (Å²) >= 11 is 0. The van der Waals surface area contributed by atoms with Crippen molar-refractivity contribution in [3.63, 3.8) is 0 Å². The number of nitrogens with one attached hydrogen (secondary N) is 2. The molecular weight excluding hydrogens is 218 g/mol. The van der Waals surface area contributed by atoms with Gasteiger partial charge < -0.3 is 10.4 Å². The summed E-state index contributed by atoms with van der Waals surface area (Å²) in [7, 11) is 0. The first-order chi connectivity index (χ1) is 7.84. The number of aliphatic hydroxyl groups excluding tert-OH is 1. The third kappa shape index (κ3) is 3.56. The zero-order valence-electron chi connectivity index (χ0n) is 10.8. The molecule has 1 rings (SSSR count). The van der Waals surface area contributed by atoms with E-state index in [-0.39, 0.29) is 17.2 Å². The molecule has 1 unspecified atom stereocenters. The Hall–Kier alpha value is -1.36. The van der Waals surface area contributed by atoms with Crippen LogP contribution in [0.3, 0.4) is 0 Å². The van der Waals surface area contributed by atoms with Gasteiger partial charge in [0, 0.05) is 18.2 Å². The summed E-state index contributed by atoms with van der Waals surface area (Å²) in [6.45, 7) is 8.21. The lowest BCUT2D eigenvalue weighted by molar-refractivity contribution is 0.0138. The Morgan fingerprint density at radius 3 is 2.71 bits per heavy atom. The molecule has 0 spiro atoms. The van der Waals surface area contributed by atoms with Crippen molar-refractivity contribution in [1.82, 2.24) is 15.5 Å². The van der Waals surface area contributed by atoms with E-state index >= 15 is 0 Å². The number of nitrogens with zero attached hydrogens (tertiary/aromatic N) is 1. The first kappa shape index (κ1) is 13.7. The lowest BCUT2D eigenvalue weighted by Gasteiger charge is -2.33. The molecule has 0 aliphatic carbocycles. The first-order valence-electron chi connectivity index (χ1n) is 5.80. The fourth-order valence-electron chi connectivity index (χ4n) is 1.79. The highest BCUT2D eigenvalue weighted by molar-refractivity contribution is 5.92. The fourth-order valence-corrected chi connectivity index (χ4v) is 1.79. The van der Waals surface area contributed by atoms with Gasteiger partial charge in [0.1, 0.15) is 5.69 Å². The third-order valence-corrected chi connectivity index (χ3v) is 2.88. The van der Waals surface area contributed by atoms with Crippen LogP contribution >= 0.6 is 0 Å². The molecule has 3 N–H and O–H groups in total. The van der Waals surface area contributed by atoms with E-state index in [1.807, 2.05) is 27.7 Å². The molecule has 17 heavy (non-hydrogen) atoms. The van der Waals surface area contributed by atoms with Crippen molar-refractivity contribution in [2.75, 3.05) is 6.54 Å². The molecule has 0 radical (unpaired) electrons. The number of aromatic amines is 1. The van der Waals surface area contributed by atoms with Crippen molar-refractivity contribution in [2.45, 2.75) is 33.8 Å². The van der Waals surface area contributed by atoms with E-state index in [0.29, 0.717) is 12.2 Å². The Morgan fingerprint density at radius 2 is 2.24 bits per heavy atom. The average Bonchev–Trinajstić information content (AvgIpc) is 2.78. The maximum absolute atomic E-state index is 11.7. The van der Waals surface area contributed by atoms with Crippen molar-refractivity contribution in [2.24, 2.45) is 11.3 Å². The molecule has 0 aromatic carbocycles. The number of rotatable bonds is 5. The molecule has 1 heterocycles. The van der Waals surface area contributed by atoms with Gasteiger partial charge in [-0.05, 0) is 12.0 Å². The van der Waals surface area contributed by atoms with E-state index in [4.69, 9.17) is 0 Å². The minimum atomic E-state index is -0.454. The SMILES string of the molecule is CC(C)C(O)C(C)(C)CNC(=O)c1ccn[nH]1. The van der Waals surface area contributed by atoms with Gasteiger partial charge >= 0.3 is 0 Å². The summed E-state index contributed by atoms with van der Waals surface area (Å²) in [4.78, 5) is 11.7. The van der Waals surface area contributed by atoms with Gasteiger partial charge in [-0.3, -0.25) is 9.89 Å². The normalized spacial score (nSPS) is 13.8. The second kappa shape index (κ2) is 5.31. The topological polar surface area (TPSA) is 78.0 Å². The maximum atomic E-state index is 11.7. The Morgan fingerprint density at radius 1 is 1.59 bits per heavy atom. The number of carbonyl (C=O) groups is 1. The van der Waals surface area contributed by atoms with Crippen LogP contribution in [0.1, 0.15) is 38.2 Å². The summed E-state index contributed by atoms with van der Waals surface area (Å²) in [5.41, 5.74) is 0.0731. The highest BCUT2D eigenvalue weighted by Crippen LogP contribution is 2.25. The van der Waals surface area contributed by atoms with E-state index in [2.05, 4.69) is 15.5 Å². The van der Waals surface area contributed by atoms with Crippen LogP contribution in [0.4, 0.5) is 0 Å². The van der Waals surface area contributed by atoms with E-state index in [0.717, 1.165) is 0 Å². The van der Waals surface area contributed by atoms with Crippen molar-refractivity contribution < 1.29 is 9.90 Å². The van der Waals surface area contributed by atoms with Gasteiger partial charge in [-0.1, -0.05) is 27.7 Å². The van der Waals surface area contributed by atoms with Crippen LogP contribution in [0.2, 0.25) is 0 Å². The molecule has 1 atom stereocenters. The van der Waals surface area contributed by atoms with Gasteiger partial charge in [0.2, 0.25) is 0 Å². The summed E-state index contributed by atoms with van der Waals surface area (Å²) < 4.78 is 0. The molecule has 0 bridgehead atoms. The minimum absolute atomic E-state index is 0.161. The van der Waals surface area contributed by atoms with Crippen LogP contribution in [0.25, 0.3) is 0 Å². The fraction of sp³-hybridized carbons (Fsp3) is 0.667. The zero-order chi connectivity index (χ0) is 13.1. The quantitative estimate of drug-likeness (QED) is 0.722. The van der Waals surface area contributed by atoms with E-state index in [1.165, 1.54) is 6.20 Å². The highest BCUT2D eigenvalue weighted by Gasteiger charge is 2.30. The molecule has 5 heteroatoms. The van der Waals surface area contributed by atoms with Gasteiger partial charge in [-0.2, -0.15) is 5.10 Å². The van der Waals surface area contributed by atoms with Crippen LogP contribution < -0.4 is 5.32 Å². The van der Waals surface area contributed by atoms with E-state index in [1.54, 1.807) is 6.07 Å². The summed E-state index contributed by atoms with van der Waals surface area (Å²) in [5, 5.41) is 19.1. The number of hydrogen-bond donors (Lipinski definition) is 3. The molecular formula is C12H21N3O2. The van der Waals surface area contributed by atoms with E-state index in [9.17, 15) is 9.90 Å². The van der Waals surface area contributed by atoms with Crippen molar-refractivity contribution >= 4 is 5.91 Å². The molecule has 0 aliphatic heterocycles. The first-order valence-corrected chi connectivity index (χ1v) is 5.80. The smallest absolute Gasteiger partial charge is 0.269 e. The van der Waals surface area contributed by atoms with Crippen LogP contribution in [0.5, 0.6) is 0 Å². The van der Waals surface area contributed by atoms with Crippen molar-refractivity contribution in [1.29, 1.82) is 0 Å². The second-order valence-corrected chi connectivity index (χ2v) is 5.33. The lowest BCUT2D eigenvalue weighted by Crippen LogP contribution is -2.43. The van der Waals surface area contributed by atoms with Gasteiger partial charge in [0.15, 0.2) is 0 Å². The predicted molar refractivity (Wildman–Crippen MR) is 65.5 cm³/mol. The van der Waals surface area contributed by atoms with Crippen molar-refractivity contribution in [3.05, 3.63) is 18.0 Å². The second-order valence-electron chi connectivity index (χ2n) is 5.33. The Labute approximate surface area is 102 Å². The third-order valence-electron chi connectivity index (χ3n) is 2.88. The Bertz CT molecular complexity index is 358. The predicted octanol–water partition coefficient (Wildman–Crippen LogP) is 1.18. The van der Waals surface area contributed by atoms with E-state index < -0.39 is 6.10 Å². The molecule has 1 amide bonds. The summed E-state index contributed by atoms with van der Waals surface area (Å²) in [6, 6.07) is 1.61. The standard InChI is InChI=1S/C12H21N3O2/c1-8(2)10(16)12(3,4)7-13-11(17)9-5-6-14-15-9/h5-6,8,10,16H,7H2,1-4H3,(H,13,17)(H,14,15). The lowest BCUT2D eigenvalue weighted by atomic mass is 9.80. The van der Waals surface area contributed by atoms with Crippen LogP contribution in [-0.4, -0.2) is 33.9 Å². The number of carbonyl (C=O) groups excluding carboxylic acids is 1. The van der Waals surface area contributed by atoms with Gasteiger partial charge in [0.05, 0.1) is 6.10 Å².